The molecule has 0 atom stereocenters. The Hall–Kier alpha value is -1.62. The van der Waals surface area contributed by atoms with Crippen LogP contribution >= 0.6 is 11.3 Å². The maximum absolute atomic E-state index is 5.55. The number of hydrogen-bond donors (Lipinski definition) is 1. The Balaban J connectivity index is 1.85. The fraction of sp³-hybridized carbons (Fsp3) is 0.273. The number of benzene rings is 1. The zero-order valence-corrected chi connectivity index (χ0v) is 9.46. The molecule has 0 spiro atoms. The highest BCUT2D eigenvalue weighted by molar-refractivity contribution is 7.15. The highest BCUT2D eigenvalue weighted by Gasteiger charge is 2.12. The van der Waals surface area contributed by atoms with E-state index in [-0.39, 0.29) is 0 Å². The summed E-state index contributed by atoms with van der Waals surface area (Å²) in [4.78, 5) is 0. The molecule has 5 heteroatoms. The number of hydrogen-bond acceptors (Lipinski definition) is 5. The van der Waals surface area contributed by atoms with Gasteiger partial charge in [-0.3, -0.25) is 0 Å². The second-order valence-corrected chi connectivity index (χ2v) is 4.85. The minimum atomic E-state index is 0.527. The van der Waals surface area contributed by atoms with Crippen molar-refractivity contribution in [2.24, 2.45) is 0 Å². The number of ether oxygens (including phenoxy) is 1. The first kappa shape index (κ1) is 9.59. The van der Waals surface area contributed by atoms with Crippen molar-refractivity contribution in [1.29, 1.82) is 0 Å². The van der Waals surface area contributed by atoms with E-state index in [9.17, 15) is 0 Å². The Bertz CT molecular complexity index is 524. The SMILES string of the molecule is Nc1nnc(Cc2ccc3c(c2)CCO3)s1. The van der Waals surface area contributed by atoms with Crippen molar-refractivity contribution < 1.29 is 4.74 Å². The lowest BCUT2D eigenvalue weighted by Gasteiger charge is -2.01. The first-order valence-corrected chi connectivity index (χ1v) is 5.95. The molecule has 4 nitrogen and oxygen atoms in total. The summed E-state index contributed by atoms with van der Waals surface area (Å²) in [6.07, 6.45) is 1.80. The van der Waals surface area contributed by atoms with Crippen molar-refractivity contribution in [3.05, 3.63) is 34.3 Å². The quantitative estimate of drug-likeness (QED) is 0.856. The number of nitrogen functional groups attached to an aromatic ring is 1. The van der Waals surface area contributed by atoms with Gasteiger partial charge in [-0.25, -0.2) is 0 Å². The van der Waals surface area contributed by atoms with Crippen molar-refractivity contribution in [3.63, 3.8) is 0 Å². The largest absolute Gasteiger partial charge is 0.493 e. The fourth-order valence-electron chi connectivity index (χ4n) is 1.86. The molecule has 0 saturated heterocycles. The zero-order valence-electron chi connectivity index (χ0n) is 8.64. The summed E-state index contributed by atoms with van der Waals surface area (Å²) < 4.78 is 5.46. The number of nitrogens with zero attached hydrogens (tertiary/aromatic N) is 2. The fourth-order valence-corrected chi connectivity index (χ4v) is 2.51. The second kappa shape index (κ2) is 3.75. The molecule has 1 aliphatic heterocycles. The first-order valence-electron chi connectivity index (χ1n) is 5.14. The smallest absolute Gasteiger partial charge is 0.203 e. The standard InChI is InChI=1S/C11H11N3OS/c12-11-14-13-10(16-11)6-7-1-2-9-8(5-7)3-4-15-9/h1-2,5H,3-4,6H2,(H2,12,14). The van der Waals surface area contributed by atoms with Crippen LogP contribution in [0.5, 0.6) is 5.75 Å². The molecule has 16 heavy (non-hydrogen) atoms. The average Bonchev–Trinajstić information content (AvgIpc) is 2.87. The molecule has 0 fully saturated rings. The summed E-state index contributed by atoms with van der Waals surface area (Å²) in [5.74, 6) is 1.01. The van der Waals surface area contributed by atoms with Gasteiger partial charge in [-0.1, -0.05) is 23.5 Å². The van der Waals surface area contributed by atoms with Gasteiger partial charge in [-0.2, -0.15) is 0 Å². The summed E-state index contributed by atoms with van der Waals surface area (Å²) in [6, 6.07) is 6.28. The van der Waals surface area contributed by atoms with Crippen LogP contribution in [0.3, 0.4) is 0 Å². The van der Waals surface area contributed by atoms with E-state index in [1.165, 1.54) is 22.5 Å². The number of anilines is 1. The van der Waals surface area contributed by atoms with Gasteiger partial charge in [0.25, 0.3) is 0 Å². The van der Waals surface area contributed by atoms with Crippen LogP contribution in [0, 0.1) is 0 Å². The van der Waals surface area contributed by atoms with Crippen LogP contribution in [0.1, 0.15) is 16.1 Å². The lowest BCUT2D eigenvalue weighted by molar-refractivity contribution is 0.357. The van der Waals surface area contributed by atoms with Crippen LogP contribution in [0.15, 0.2) is 18.2 Å². The van der Waals surface area contributed by atoms with Gasteiger partial charge in [0.05, 0.1) is 6.61 Å². The van der Waals surface area contributed by atoms with E-state index in [1.54, 1.807) is 0 Å². The maximum Gasteiger partial charge on any atom is 0.203 e. The monoisotopic (exact) mass is 233 g/mol. The minimum absolute atomic E-state index is 0.527. The zero-order chi connectivity index (χ0) is 11.0. The van der Waals surface area contributed by atoms with E-state index < -0.39 is 0 Å². The van der Waals surface area contributed by atoms with Gasteiger partial charge < -0.3 is 10.5 Å². The third-order valence-electron chi connectivity index (χ3n) is 2.59. The summed E-state index contributed by atoms with van der Waals surface area (Å²) >= 11 is 1.44. The lowest BCUT2D eigenvalue weighted by Crippen LogP contribution is -1.89. The van der Waals surface area contributed by atoms with Crippen LogP contribution in [-0.4, -0.2) is 16.8 Å². The van der Waals surface area contributed by atoms with Gasteiger partial charge in [0.15, 0.2) is 0 Å². The van der Waals surface area contributed by atoms with Crippen LogP contribution < -0.4 is 10.5 Å². The van der Waals surface area contributed by atoms with Crippen LogP contribution in [-0.2, 0) is 12.8 Å². The highest BCUT2D eigenvalue weighted by Crippen LogP contribution is 2.27. The number of nitrogens with two attached hydrogens (primary N) is 1. The molecule has 0 bridgehead atoms. The minimum Gasteiger partial charge on any atom is -0.493 e. The van der Waals surface area contributed by atoms with Crippen LogP contribution in [0.2, 0.25) is 0 Å². The van der Waals surface area contributed by atoms with Gasteiger partial charge in [0.1, 0.15) is 10.8 Å². The van der Waals surface area contributed by atoms with E-state index in [2.05, 4.69) is 22.3 Å². The Morgan fingerprint density at radius 3 is 3.12 bits per heavy atom. The predicted molar refractivity (Wildman–Crippen MR) is 62.8 cm³/mol. The Morgan fingerprint density at radius 1 is 1.38 bits per heavy atom. The van der Waals surface area contributed by atoms with Crippen LogP contribution in [0.4, 0.5) is 5.13 Å². The molecule has 1 aliphatic rings. The van der Waals surface area contributed by atoms with E-state index in [0.717, 1.165) is 30.2 Å². The van der Waals surface area contributed by atoms with Crippen molar-refractivity contribution in [3.8, 4) is 5.75 Å². The van der Waals surface area contributed by atoms with Crippen molar-refractivity contribution in [2.75, 3.05) is 12.3 Å². The van der Waals surface area contributed by atoms with E-state index in [4.69, 9.17) is 10.5 Å². The third kappa shape index (κ3) is 1.74. The molecule has 82 valence electrons. The molecule has 0 amide bonds. The van der Waals surface area contributed by atoms with Gasteiger partial charge in [0, 0.05) is 12.8 Å². The van der Waals surface area contributed by atoms with Crippen molar-refractivity contribution >= 4 is 16.5 Å². The molecule has 0 saturated carbocycles. The van der Waals surface area contributed by atoms with Gasteiger partial charge >= 0.3 is 0 Å². The molecule has 2 heterocycles. The summed E-state index contributed by atoms with van der Waals surface area (Å²) in [7, 11) is 0. The molecule has 0 unspecified atom stereocenters. The van der Waals surface area contributed by atoms with Gasteiger partial charge in [-0.15, -0.1) is 10.2 Å². The summed E-state index contributed by atoms with van der Waals surface area (Å²) in [6.45, 7) is 0.796. The van der Waals surface area contributed by atoms with Crippen molar-refractivity contribution in [2.45, 2.75) is 12.8 Å². The molecule has 1 aromatic heterocycles. The molecule has 2 aromatic rings. The molecular formula is C11H11N3OS. The maximum atomic E-state index is 5.55. The Labute approximate surface area is 97.1 Å². The van der Waals surface area contributed by atoms with Crippen LogP contribution in [0.25, 0.3) is 0 Å². The molecule has 0 aliphatic carbocycles. The molecule has 1 aromatic carbocycles. The Kier molecular flexibility index (Phi) is 2.25. The van der Waals surface area contributed by atoms with E-state index in [0.29, 0.717) is 5.13 Å². The number of aromatic nitrogens is 2. The molecular weight excluding hydrogens is 222 g/mol. The van der Waals surface area contributed by atoms with E-state index >= 15 is 0 Å². The Morgan fingerprint density at radius 2 is 2.31 bits per heavy atom. The topological polar surface area (TPSA) is 61.0 Å². The summed E-state index contributed by atoms with van der Waals surface area (Å²) in [5.41, 5.74) is 8.07. The van der Waals surface area contributed by atoms with Gasteiger partial charge in [-0.05, 0) is 17.2 Å². The average molecular weight is 233 g/mol. The molecule has 0 radical (unpaired) electrons. The second-order valence-electron chi connectivity index (χ2n) is 3.75. The molecule has 3 rings (SSSR count). The third-order valence-corrected chi connectivity index (χ3v) is 3.34. The molecule has 2 N–H and O–H groups in total. The van der Waals surface area contributed by atoms with Gasteiger partial charge in [0.2, 0.25) is 5.13 Å². The lowest BCUT2D eigenvalue weighted by atomic mass is 10.1. The highest BCUT2D eigenvalue weighted by atomic mass is 32.1. The summed E-state index contributed by atoms with van der Waals surface area (Å²) in [5, 5.41) is 9.31. The predicted octanol–water partition coefficient (Wildman–Crippen LogP) is 1.65. The first-order chi connectivity index (χ1) is 7.81. The van der Waals surface area contributed by atoms with E-state index in [1.807, 2.05) is 6.07 Å². The van der Waals surface area contributed by atoms with Crippen molar-refractivity contribution in [1.82, 2.24) is 10.2 Å². The number of fused-ring (bicyclic) bond motifs is 1. The number of rotatable bonds is 2. The normalized spacial score (nSPS) is 13.5.